The first-order valence-corrected chi connectivity index (χ1v) is 15.1. The van der Waals surface area contributed by atoms with Crippen LogP contribution in [0.3, 0.4) is 0 Å². The number of carbonyl (C=O) groups is 1. The second kappa shape index (κ2) is 14.6. The number of aromatic nitrogens is 3. The molecule has 3 heterocycles. The number of methoxy groups -OCH3 is 2. The monoisotopic (exact) mass is 666 g/mol. The number of benzene rings is 2. The Morgan fingerprint density at radius 1 is 1.00 bits per heavy atom. The lowest BCUT2D eigenvalue weighted by Gasteiger charge is -2.18. The van der Waals surface area contributed by atoms with Crippen molar-refractivity contribution in [2.75, 3.05) is 46.8 Å². The van der Waals surface area contributed by atoms with Crippen LogP contribution < -0.4 is 26.8 Å². The topological polar surface area (TPSA) is 129 Å². The Morgan fingerprint density at radius 2 is 1.72 bits per heavy atom. The van der Waals surface area contributed by atoms with Crippen LogP contribution in [-0.2, 0) is 22.7 Å². The standard InChI is InChI=1S/C32H32F2N6O6S/c1-38(14-15-44-2)17-23-27-29(41)40(21-12-13-26(45-3)35-16-21)32(43)39(18-22-24(33)6-5-7-25(22)34)30(27)47-28(23)19-8-10-20(11-9-19)36-31(42)37-46-4/h5-13,16H,14-15,17-18H2,1-4H3,(H2,36,37,42). The summed E-state index contributed by atoms with van der Waals surface area (Å²) in [6.07, 6.45) is 1.32. The third-order valence-corrected chi connectivity index (χ3v) is 8.65. The van der Waals surface area contributed by atoms with E-state index in [4.69, 9.17) is 9.47 Å². The Labute approximate surface area is 271 Å². The number of fused-ring (bicyclic) bond motifs is 1. The van der Waals surface area contributed by atoms with Gasteiger partial charge in [0.05, 0.1) is 44.6 Å². The first-order valence-electron chi connectivity index (χ1n) is 14.3. The molecule has 246 valence electrons. The number of rotatable bonds is 12. The molecule has 12 nitrogen and oxygen atoms in total. The summed E-state index contributed by atoms with van der Waals surface area (Å²) in [4.78, 5) is 52.1. The first kappa shape index (κ1) is 33.4. The lowest BCUT2D eigenvalue weighted by Crippen LogP contribution is -2.39. The lowest BCUT2D eigenvalue weighted by molar-refractivity contribution is 0.114. The molecule has 0 radical (unpaired) electrons. The summed E-state index contributed by atoms with van der Waals surface area (Å²) >= 11 is 1.16. The number of carbonyl (C=O) groups excluding carboxylic acids is 1. The van der Waals surface area contributed by atoms with Gasteiger partial charge in [-0.3, -0.25) is 19.1 Å². The van der Waals surface area contributed by atoms with Crippen molar-refractivity contribution < 1.29 is 27.9 Å². The van der Waals surface area contributed by atoms with E-state index < -0.39 is 35.5 Å². The Kier molecular flexibility index (Phi) is 10.4. The molecule has 3 aromatic heterocycles. The third kappa shape index (κ3) is 7.07. The Hall–Kier alpha value is -4.96. The van der Waals surface area contributed by atoms with Crippen molar-refractivity contribution >= 4 is 33.3 Å². The minimum Gasteiger partial charge on any atom is -0.481 e. The molecule has 47 heavy (non-hydrogen) atoms. The molecule has 2 amide bonds. The van der Waals surface area contributed by atoms with Crippen LogP contribution in [0, 0.1) is 11.6 Å². The first-order chi connectivity index (χ1) is 22.7. The number of pyridine rings is 1. The molecule has 5 aromatic rings. The second-order valence-corrected chi connectivity index (χ2v) is 11.4. The molecular weight excluding hydrogens is 634 g/mol. The summed E-state index contributed by atoms with van der Waals surface area (Å²) in [5.41, 5.74) is 2.36. The highest BCUT2D eigenvalue weighted by Gasteiger charge is 2.26. The van der Waals surface area contributed by atoms with Crippen LogP contribution in [-0.4, -0.2) is 66.6 Å². The summed E-state index contributed by atoms with van der Waals surface area (Å²) in [5, 5.41) is 2.85. The van der Waals surface area contributed by atoms with E-state index in [2.05, 4.69) is 20.6 Å². The van der Waals surface area contributed by atoms with Crippen molar-refractivity contribution in [3.8, 4) is 22.0 Å². The summed E-state index contributed by atoms with van der Waals surface area (Å²) in [5.74, 6) is -1.39. The molecular formula is C32H32F2N6O6S. The van der Waals surface area contributed by atoms with Crippen LogP contribution >= 0.6 is 11.3 Å². The fourth-order valence-electron chi connectivity index (χ4n) is 5.04. The predicted octanol–water partition coefficient (Wildman–Crippen LogP) is 4.37. The minimum absolute atomic E-state index is 0.154. The summed E-state index contributed by atoms with van der Waals surface area (Å²) < 4.78 is 42.5. The molecule has 0 unspecified atom stereocenters. The summed E-state index contributed by atoms with van der Waals surface area (Å²) in [7, 11) is 6.20. The van der Waals surface area contributed by atoms with E-state index in [0.29, 0.717) is 34.8 Å². The maximum Gasteiger partial charge on any atom is 0.343 e. The van der Waals surface area contributed by atoms with Crippen molar-refractivity contribution in [1.29, 1.82) is 0 Å². The molecule has 0 saturated heterocycles. The molecule has 5 rings (SSSR count). The highest BCUT2D eigenvalue weighted by molar-refractivity contribution is 7.22. The van der Waals surface area contributed by atoms with Crippen molar-refractivity contribution in [3.05, 3.63) is 104 Å². The number of urea groups is 1. The van der Waals surface area contributed by atoms with E-state index in [1.54, 1.807) is 31.4 Å². The fourth-order valence-corrected chi connectivity index (χ4v) is 6.34. The van der Waals surface area contributed by atoms with Crippen molar-refractivity contribution in [1.82, 2.24) is 24.5 Å². The molecule has 0 aliphatic rings. The summed E-state index contributed by atoms with van der Waals surface area (Å²) in [6, 6.07) is 12.8. The van der Waals surface area contributed by atoms with E-state index >= 15 is 0 Å². The fraction of sp³-hybridized carbons (Fsp3) is 0.250. The van der Waals surface area contributed by atoms with Gasteiger partial charge in [0.1, 0.15) is 16.5 Å². The number of anilines is 1. The maximum absolute atomic E-state index is 15.0. The number of hydrogen-bond acceptors (Lipinski definition) is 9. The molecule has 0 bridgehead atoms. The molecule has 2 aromatic carbocycles. The van der Waals surface area contributed by atoms with Crippen molar-refractivity contribution in [2.24, 2.45) is 0 Å². The Morgan fingerprint density at radius 3 is 2.34 bits per heavy atom. The second-order valence-electron chi connectivity index (χ2n) is 10.4. The van der Waals surface area contributed by atoms with Gasteiger partial charge in [-0.25, -0.2) is 33.4 Å². The van der Waals surface area contributed by atoms with Crippen LogP contribution in [0.25, 0.3) is 26.3 Å². The van der Waals surface area contributed by atoms with Gasteiger partial charge in [-0.2, -0.15) is 0 Å². The Balaban J connectivity index is 1.79. The molecule has 0 fully saturated rings. The minimum atomic E-state index is -0.828. The van der Waals surface area contributed by atoms with Crippen molar-refractivity contribution in [2.45, 2.75) is 13.1 Å². The molecule has 15 heteroatoms. The molecule has 0 aliphatic heterocycles. The van der Waals surface area contributed by atoms with Gasteiger partial charge in [-0.05, 0) is 48.5 Å². The van der Waals surface area contributed by atoms with Gasteiger partial charge in [-0.1, -0.05) is 18.2 Å². The zero-order valence-corrected chi connectivity index (χ0v) is 26.8. The summed E-state index contributed by atoms with van der Waals surface area (Å²) in [6.45, 7) is 0.754. The van der Waals surface area contributed by atoms with E-state index in [1.165, 1.54) is 43.2 Å². The van der Waals surface area contributed by atoms with Gasteiger partial charge in [0.15, 0.2) is 0 Å². The van der Waals surface area contributed by atoms with Crippen LogP contribution in [0.5, 0.6) is 5.88 Å². The Bertz CT molecular complexity index is 1990. The number of nitrogens with zero attached hydrogens (tertiary/aromatic N) is 4. The predicted molar refractivity (Wildman–Crippen MR) is 174 cm³/mol. The third-order valence-electron chi connectivity index (χ3n) is 7.34. The highest BCUT2D eigenvalue weighted by atomic mass is 32.1. The smallest absolute Gasteiger partial charge is 0.343 e. The molecule has 0 spiro atoms. The van der Waals surface area contributed by atoms with E-state index in [1.807, 2.05) is 11.9 Å². The average molecular weight is 667 g/mol. The van der Waals surface area contributed by atoms with Crippen LogP contribution in [0.1, 0.15) is 11.1 Å². The van der Waals surface area contributed by atoms with Crippen LogP contribution in [0.2, 0.25) is 0 Å². The largest absolute Gasteiger partial charge is 0.481 e. The maximum atomic E-state index is 15.0. The number of likely N-dealkylation sites (N-methyl/N-ethyl adjacent to an activating group) is 1. The van der Waals surface area contributed by atoms with E-state index in [9.17, 15) is 23.2 Å². The number of hydrogen-bond donors (Lipinski definition) is 2. The zero-order chi connectivity index (χ0) is 33.7. The van der Waals surface area contributed by atoms with Gasteiger partial charge in [0, 0.05) is 42.4 Å². The molecule has 0 saturated carbocycles. The normalized spacial score (nSPS) is 11.3. The zero-order valence-electron chi connectivity index (χ0n) is 26.0. The number of hydroxylamine groups is 1. The molecule has 2 N–H and O–H groups in total. The van der Waals surface area contributed by atoms with Gasteiger partial charge in [0.25, 0.3) is 5.56 Å². The van der Waals surface area contributed by atoms with E-state index in [0.717, 1.165) is 28.0 Å². The SMILES string of the molecule is COCCN(C)Cc1c(-c2ccc(NC(=O)NOC)cc2)sc2c1c(=O)n(-c1ccc(OC)nc1)c(=O)n2Cc1c(F)cccc1F. The van der Waals surface area contributed by atoms with Crippen molar-refractivity contribution in [3.63, 3.8) is 0 Å². The number of ether oxygens (including phenoxy) is 2. The van der Waals surface area contributed by atoms with E-state index in [-0.39, 0.29) is 33.9 Å². The average Bonchev–Trinajstić information content (AvgIpc) is 3.43. The van der Waals surface area contributed by atoms with Crippen LogP contribution in [0.15, 0.2) is 70.4 Å². The van der Waals surface area contributed by atoms with Gasteiger partial charge in [-0.15, -0.1) is 11.3 Å². The highest BCUT2D eigenvalue weighted by Crippen LogP contribution is 2.38. The number of nitrogens with one attached hydrogen (secondary N) is 2. The molecule has 0 atom stereocenters. The quantitative estimate of drug-likeness (QED) is 0.188. The lowest BCUT2D eigenvalue weighted by atomic mass is 10.1. The van der Waals surface area contributed by atoms with Gasteiger partial charge in [0.2, 0.25) is 5.88 Å². The number of thiophene rings is 1. The van der Waals surface area contributed by atoms with Gasteiger partial charge >= 0.3 is 11.7 Å². The number of amides is 2. The molecule has 0 aliphatic carbocycles. The number of halogens is 2. The van der Waals surface area contributed by atoms with Gasteiger partial charge < -0.3 is 14.8 Å². The van der Waals surface area contributed by atoms with Crippen LogP contribution in [0.4, 0.5) is 19.3 Å².